The van der Waals surface area contributed by atoms with Crippen molar-refractivity contribution in [1.29, 1.82) is 0 Å². The van der Waals surface area contributed by atoms with Gasteiger partial charge in [-0.15, -0.1) is 0 Å². The van der Waals surface area contributed by atoms with E-state index in [1.54, 1.807) is 60.7 Å². The monoisotopic (exact) mass is 1430 g/mol. The fourth-order valence-electron chi connectivity index (χ4n) is 10.0. The van der Waals surface area contributed by atoms with E-state index in [-0.39, 0.29) is 63.4 Å². The van der Waals surface area contributed by atoms with Crippen LogP contribution in [0.5, 0.6) is 11.5 Å². The molecule has 2 saturated carbocycles. The van der Waals surface area contributed by atoms with Crippen LogP contribution in [0.15, 0.2) is 174 Å². The molecule has 2 amide bonds. The quantitative estimate of drug-likeness (QED) is 0.0446. The van der Waals surface area contributed by atoms with Crippen molar-refractivity contribution in [3.63, 3.8) is 0 Å². The first-order valence-electron chi connectivity index (χ1n) is 28.3. The zero-order valence-corrected chi connectivity index (χ0v) is 50.3. The summed E-state index contributed by atoms with van der Waals surface area (Å²) in [6.07, 6.45) is -26.5. The van der Waals surface area contributed by atoms with Crippen molar-refractivity contribution in [2.24, 2.45) is 0 Å². The molecule has 96 heavy (non-hydrogen) atoms. The Kier molecular flexibility index (Phi) is 22.4. The fourth-order valence-corrected chi connectivity index (χ4v) is 10.4. The third kappa shape index (κ3) is 18.1. The second-order valence-electron chi connectivity index (χ2n) is 22.1. The van der Waals surface area contributed by atoms with E-state index in [0.29, 0.717) is 48.2 Å². The van der Waals surface area contributed by atoms with Crippen LogP contribution in [0.3, 0.4) is 0 Å². The lowest BCUT2D eigenvalue weighted by Crippen LogP contribution is -2.49. The number of ether oxygens (including phenoxy) is 2. The van der Waals surface area contributed by atoms with E-state index in [1.807, 2.05) is 0 Å². The van der Waals surface area contributed by atoms with E-state index >= 15 is 4.39 Å². The molecule has 8 nitrogen and oxygen atoms in total. The summed E-state index contributed by atoms with van der Waals surface area (Å²) in [6.45, 7) is 0. The van der Waals surface area contributed by atoms with Crippen molar-refractivity contribution < 1.29 is 117 Å². The van der Waals surface area contributed by atoms with Gasteiger partial charge in [-0.2, -0.15) is 61.5 Å². The number of carbonyl (C=O) groups is 2. The number of alkyl halides is 14. The average Bonchev–Trinajstić information content (AvgIpc) is 0.985. The summed E-state index contributed by atoms with van der Waals surface area (Å²) >= 11 is 3.00. The van der Waals surface area contributed by atoms with Crippen molar-refractivity contribution in [3.05, 3.63) is 270 Å². The molecule has 0 aromatic heterocycles. The third-order valence-electron chi connectivity index (χ3n) is 15.1. The molecule has 2 atom stereocenters. The number of benzene rings is 8. The highest BCUT2D eigenvalue weighted by atomic mass is 79.9. The maximum Gasteiger partial charge on any atom is 0.461 e. The predicted octanol–water partition coefficient (Wildman–Crippen LogP) is 17.8. The molecular formula is C66H48BBrF20N2O6. The largest absolute Gasteiger partial charge is 0.461 e. The Morgan fingerprint density at radius 2 is 0.854 bits per heavy atom. The Balaban J connectivity index is 0.000000226. The summed E-state index contributed by atoms with van der Waals surface area (Å²) in [5, 5.41) is 21.5. The topological polar surface area (TPSA) is 117 Å². The van der Waals surface area contributed by atoms with Crippen LogP contribution in [0.2, 0.25) is 5.82 Å². The van der Waals surface area contributed by atoms with Crippen molar-refractivity contribution in [1.82, 2.24) is 10.6 Å². The van der Waals surface area contributed by atoms with Gasteiger partial charge in [0.1, 0.15) is 46.4 Å². The maximum absolute atomic E-state index is 15.1. The molecule has 4 N–H and O–H groups in total. The summed E-state index contributed by atoms with van der Waals surface area (Å²) in [7, 11) is -1.04. The van der Waals surface area contributed by atoms with Gasteiger partial charge in [0.2, 0.25) is 0 Å². The number of nitrogens with one attached hydrogen (secondary N) is 2. The summed E-state index contributed by atoms with van der Waals surface area (Å²) in [5.41, 5.74) is -8.76. The molecule has 0 bridgehead atoms. The van der Waals surface area contributed by atoms with Gasteiger partial charge in [-0.3, -0.25) is 9.59 Å². The maximum atomic E-state index is 15.1. The minimum atomic E-state index is -5.19. The number of hydrogen-bond acceptors (Lipinski definition) is 6. The third-order valence-corrected chi connectivity index (χ3v) is 15.7. The molecule has 0 spiro atoms. The van der Waals surface area contributed by atoms with Gasteiger partial charge in [-0.05, 0) is 164 Å². The van der Waals surface area contributed by atoms with Crippen LogP contribution in [-0.4, -0.2) is 54.0 Å². The predicted molar refractivity (Wildman–Crippen MR) is 311 cm³/mol. The number of carbonyl (C=O) groups excluding carboxylic acids is 2. The molecule has 8 aromatic carbocycles. The molecule has 8 aromatic rings. The van der Waals surface area contributed by atoms with Crippen LogP contribution in [0, 0.1) is 34.9 Å². The van der Waals surface area contributed by atoms with Gasteiger partial charge in [0.25, 0.3) is 11.8 Å². The highest BCUT2D eigenvalue weighted by Crippen LogP contribution is 2.46. The summed E-state index contributed by atoms with van der Waals surface area (Å²) in [4.78, 5) is 27.4. The van der Waals surface area contributed by atoms with E-state index in [9.17, 15) is 93.0 Å². The number of rotatable bonds is 20. The standard InChI is InChI=1S/C33H23F10NO2.C30H18BrF10NO2.C3H7BO2/c34-23-13-22(14-24(16-23)46-33(42,43)30(37)38)31(17-18-4-2-1-3-5-18,21-9-11-27(35)25(15-21)19-6-7-19)44-29(45)20-8-10-28(36)26(12-20)32(39,40)41;31-23-13-18(7-9-25(23)34)28(15-16-4-2-1-3-5-16,19-11-20(32)14-21(12-19)44-30(40,41)27(35)36)42-26(43)17-6-8-24(33)22(10-17)29(37,38)39;5-4(6)3-1-2-3/h1-5,8-16,19,30H,6-7,17H2,(H,44,45);1-14,27H,15H2,(H,42,43);3,5-6H,1-2H2/t31-;28-;/m11./s1. The van der Waals surface area contributed by atoms with E-state index in [4.69, 9.17) is 10.0 Å². The highest BCUT2D eigenvalue weighted by molar-refractivity contribution is 9.10. The van der Waals surface area contributed by atoms with E-state index in [1.165, 1.54) is 12.1 Å². The van der Waals surface area contributed by atoms with Crippen LogP contribution in [-0.2, 0) is 36.3 Å². The fraction of sp³-hybridized carbons (Fsp3) is 0.242. The summed E-state index contributed by atoms with van der Waals surface area (Å²) in [6, 6.07) is 29.4. The number of halogens is 21. The molecule has 2 aliphatic carbocycles. The highest BCUT2D eigenvalue weighted by Gasteiger charge is 2.48. The Hall–Kier alpha value is -8.64. The molecule has 2 aliphatic rings. The second kappa shape index (κ2) is 29.4. The Bertz CT molecular complexity index is 4070. The second-order valence-corrected chi connectivity index (χ2v) is 23.0. The smallest absolute Gasteiger partial charge is 0.428 e. The normalized spacial score (nSPS) is 14.7. The Labute approximate surface area is 541 Å². The molecular weight excluding hydrogens is 1390 g/mol. The van der Waals surface area contributed by atoms with Crippen LogP contribution in [0.4, 0.5) is 87.8 Å². The molecule has 0 radical (unpaired) electrons. The van der Waals surface area contributed by atoms with Crippen molar-refractivity contribution in [2.75, 3.05) is 0 Å². The average molecular weight is 1440 g/mol. The molecule has 0 unspecified atom stereocenters. The van der Waals surface area contributed by atoms with E-state index < -0.39 is 142 Å². The lowest BCUT2D eigenvalue weighted by atomic mass is 9.76. The summed E-state index contributed by atoms with van der Waals surface area (Å²) < 4.78 is 284. The Morgan fingerprint density at radius 3 is 1.20 bits per heavy atom. The molecule has 2 fully saturated rings. The van der Waals surface area contributed by atoms with Crippen molar-refractivity contribution in [3.8, 4) is 11.5 Å². The molecule has 10 rings (SSSR count). The molecule has 0 aliphatic heterocycles. The molecule has 508 valence electrons. The number of amides is 2. The first-order valence-corrected chi connectivity index (χ1v) is 29.1. The first kappa shape index (κ1) is 73.2. The lowest BCUT2D eigenvalue weighted by Gasteiger charge is -2.37. The van der Waals surface area contributed by atoms with Gasteiger partial charge in [-0.1, -0.05) is 85.6 Å². The van der Waals surface area contributed by atoms with Crippen LogP contribution in [0.1, 0.15) is 102 Å². The van der Waals surface area contributed by atoms with E-state index in [2.05, 4.69) is 36.0 Å². The zero-order chi connectivity index (χ0) is 70.5. The lowest BCUT2D eigenvalue weighted by molar-refractivity contribution is -0.253. The minimum absolute atomic E-state index is 0.0432. The Morgan fingerprint density at radius 1 is 0.469 bits per heavy atom. The molecule has 0 saturated heterocycles. The van der Waals surface area contributed by atoms with Gasteiger partial charge in [0, 0.05) is 36.1 Å². The SMILES string of the molecule is O=C(N[C@@](Cc1ccccc1)(c1cc(F)cc(OC(F)(F)C(F)F)c1)c1ccc(F)c(Br)c1)c1ccc(F)c(C(F)(F)F)c1.O=C(N[C@@](Cc1ccccc1)(c1cc(F)cc(OC(F)(F)C(F)F)c1)c1ccc(F)c(C2CC2)c1)c1ccc(F)c(C(F)(F)F)c1.OB(O)C1CC1. The zero-order valence-electron chi connectivity index (χ0n) is 48.8. The molecule has 0 heterocycles. The van der Waals surface area contributed by atoms with Crippen molar-refractivity contribution >= 4 is 34.9 Å². The van der Waals surface area contributed by atoms with Gasteiger partial charge in [-0.25, -0.2) is 26.3 Å². The van der Waals surface area contributed by atoms with Gasteiger partial charge in [0.15, 0.2) is 0 Å². The minimum Gasteiger partial charge on any atom is -0.428 e. The van der Waals surface area contributed by atoms with Crippen LogP contribution >= 0.6 is 15.9 Å². The van der Waals surface area contributed by atoms with Crippen LogP contribution in [0.25, 0.3) is 0 Å². The first-order chi connectivity index (χ1) is 44.9. The molecule has 30 heteroatoms. The van der Waals surface area contributed by atoms with E-state index in [0.717, 1.165) is 73.5 Å². The van der Waals surface area contributed by atoms with Crippen molar-refractivity contribution in [2.45, 2.75) is 98.8 Å². The van der Waals surface area contributed by atoms with Gasteiger partial charge < -0.3 is 30.2 Å². The summed E-state index contributed by atoms with van der Waals surface area (Å²) in [5.74, 6) is -11.9. The van der Waals surface area contributed by atoms with Crippen LogP contribution < -0.4 is 20.1 Å². The van der Waals surface area contributed by atoms with Gasteiger partial charge in [0.05, 0.1) is 26.7 Å². The van der Waals surface area contributed by atoms with Gasteiger partial charge >= 0.3 is 44.5 Å². The number of hydrogen-bond donors (Lipinski definition) is 4.